The first-order valence-electron chi connectivity index (χ1n) is 5.17. The van der Waals surface area contributed by atoms with Crippen molar-refractivity contribution in [1.82, 2.24) is 4.98 Å². The maximum Gasteiger partial charge on any atom is 0.155 e. The van der Waals surface area contributed by atoms with Gasteiger partial charge in [0, 0.05) is 18.0 Å². The van der Waals surface area contributed by atoms with Gasteiger partial charge in [-0.05, 0) is 18.2 Å². The highest BCUT2D eigenvalue weighted by Gasteiger charge is 2.08. The van der Waals surface area contributed by atoms with E-state index in [-0.39, 0.29) is 6.61 Å². The molecule has 0 aliphatic carbocycles. The minimum absolute atomic E-state index is 0.253. The van der Waals surface area contributed by atoms with Crippen LogP contribution in [-0.2, 0) is 6.61 Å². The van der Waals surface area contributed by atoms with Gasteiger partial charge in [0.05, 0.1) is 15.6 Å². The highest BCUT2D eigenvalue weighted by Crippen LogP contribution is 2.26. The molecule has 5 heteroatoms. The Labute approximate surface area is 114 Å². The molecule has 2 rings (SSSR count). The van der Waals surface area contributed by atoms with Gasteiger partial charge in [0.2, 0.25) is 0 Å². The first-order valence-corrected chi connectivity index (χ1v) is 5.93. The predicted octanol–water partition coefficient (Wildman–Crippen LogP) is 3.78. The van der Waals surface area contributed by atoms with Crippen molar-refractivity contribution in [2.75, 3.05) is 0 Å². The molecule has 0 saturated carbocycles. The second-order valence-corrected chi connectivity index (χ2v) is 4.34. The SMILES string of the molecule is O=Cc1c(Cl)cccc1OCc1ccncc1Cl. The first kappa shape index (κ1) is 12.9. The Balaban J connectivity index is 2.18. The molecule has 0 fully saturated rings. The second-order valence-electron chi connectivity index (χ2n) is 3.53. The fourth-order valence-corrected chi connectivity index (χ4v) is 1.82. The van der Waals surface area contributed by atoms with Crippen LogP contribution in [0.4, 0.5) is 0 Å². The number of carbonyl (C=O) groups excluding carboxylic acids is 1. The Bertz CT molecular complexity index is 573. The third-order valence-corrected chi connectivity index (χ3v) is 3.04. The normalized spacial score (nSPS) is 10.1. The molecule has 0 aliphatic rings. The number of carbonyl (C=O) groups is 1. The van der Waals surface area contributed by atoms with E-state index in [1.807, 2.05) is 0 Å². The van der Waals surface area contributed by atoms with Crippen LogP contribution in [0.1, 0.15) is 15.9 Å². The van der Waals surface area contributed by atoms with E-state index >= 15 is 0 Å². The van der Waals surface area contributed by atoms with Crippen LogP contribution in [0.25, 0.3) is 0 Å². The molecule has 0 unspecified atom stereocenters. The van der Waals surface area contributed by atoms with E-state index in [0.29, 0.717) is 27.6 Å². The van der Waals surface area contributed by atoms with E-state index in [0.717, 1.165) is 5.56 Å². The zero-order valence-corrected chi connectivity index (χ0v) is 10.8. The number of rotatable bonds is 4. The molecule has 1 aromatic heterocycles. The Hall–Kier alpha value is -1.58. The maximum atomic E-state index is 10.9. The fourth-order valence-electron chi connectivity index (χ4n) is 1.43. The quantitative estimate of drug-likeness (QED) is 0.801. The van der Waals surface area contributed by atoms with E-state index in [2.05, 4.69) is 4.98 Å². The Morgan fingerprint density at radius 2 is 2.06 bits per heavy atom. The molecule has 18 heavy (non-hydrogen) atoms. The molecule has 0 N–H and O–H groups in total. The lowest BCUT2D eigenvalue weighted by Gasteiger charge is -2.10. The summed E-state index contributed by atoms with van der Waals surface area (Å²) in [6.45, 7) is 0.253. The lowest BCUT2D eigenvalue weighted by molar-refractivity contribution is 0.111. The first-order chi connectivity index (χ1) is 8.72. The summed E-state index contributed by atoms with van der Waals surface area (Å²) in [5, 5.41) is 0.885. The molecule has 92 valence electrons. The van der Waals surface area contributed by atoms with Gasteiger partial charge in [-0.15, -0.1) is 0 Å². The minimum Gasteiger partial charge on any atom is -0.488 e. The van der Waals surface area contributed by atoms with Crippen molar-refractivity contribution in [3.05, 3.63) is 57.8 Å². The van der Waals surface area contributed by atoms with Gasteiger partial charge in [-0.3, -0.25) is 9.78 Å². The Morgan fingerprint density at radius 3 is 2.78 bits per heavy atom. The summed E-state index contributed by atoms with van der Waals surface area (Å²) in [5.41, 5.74) is 1.13. The number of benzene rings is 1. The van der Waals surface area contributed by atoms with Crippen LogP contribution in [0, 0.1) is 0 Å². The lowest BCUT2D eigenvalue weighted by atomic mass is 10.2. The van der Waals surface area contributed by atoms with Crippen LogP contribution < -0.4 is 4.74 Å². The van der Waals surface area contributed by atoms with Gasteiger partial charge in [-0.1, -0.05) is 29.3 Å². The van der Waals surface area contributed by atoms with Crippen LogP contribution in [-0.4, -0.2) is 11.3 Å². The summed E-state index contributed by atoms with van der Waals surface area (Å²) >= 11 is 11.9. The molecule has 2 aromatic rings. The number of halogens is 2. The molecule has 0 saturated heterocycles. The Morgan fingerprint density at radius 1 is 1.22 bits per heavy atom. The maximum absolute atomic E-state index is 10.9. The molecule has 1 heterocycles. The molecule has 0 atom stereocenters. The van der Waals surface area contributed by atoms with Crippen LogP contribution >= 0.6 is 23.2 Å². The van der Waals surface area contributed by atoms with E-state index in [9.17, 15) is 4.79 Å². The number of aromatic nitrogens is 1. The number of pyridine rings is 1. The van der Waals surface area contributed by atoms with Crippen molar-refractivity contribution in [2.45, 2.75) is 6.61 Å². The smallest absolute Gasteiger partial charge is 0.155 e. The second kappa shape index (κ2) is 5.85. The van der Waals surface area contributed by atoms with E-state index < -0.39 is 0 Å². The molecular formula is C13H9Cl2NO2. The molecule has 0 amide bonds. The molecule has 0 spiro atoms. The Kier molecular flexibility index (Phi) is 4.18. The molecule has 0 aliphatic heterocycles. The number of ether oxygens (including phenoxy) is 1. The van der Waals surface area contributed by atoms with E-state index in [1.54, 1.807) is 36.7 Å². The predicted molar refractivity (Wildman–Crippen MR) is 70.4 cm³/mol. The molecule has 1 aromatic carbocycles. The lowest BCUT2D eigenvalue weighted by Crippen LogP contribution is -1.99. The number of nitrogens with zero attached hydrogens (tertiary/aromatic N) is 1. The summed E-state index contributed by atoms with van der Waals surface area (Å²) in [6.07, 6.45) is 3.84. The summed E-state index contributed by atoms with van der Waals surface area (Å²) < 4.78 is 5.55. The van der Waals surface area contributed by atoms with Crippen LogP contribution in [0.3, 0.4) is 0 Å². The summed E-state index contributed by atoms with van der Waals surface area (Å²) in [4.78, 5) is 14.8. The van der Waals surface area contributed by atoms with E-state index in [1.165, 1.54) is 0 Å². The largest absolute Gasteiger partial charge is 0.488 e. The molecule has 3 nitrogen and oxygen atoms in total. The summed E-state index contributed by atoms with van der Waals surface area (Å²) in [5.74, 6) is 0.436. The third-order valence-electron chi connectivity index (χ3n) is 2.37. The van der Waals surface area contributed by atoms with Gasteiger partial charge in [-0.2, -0.15) is 0 Å². The average Bonchev–Trinajstić information content (AvgIpc) is 2.38. The van der Waals surface area contributed by atoms with Gasteiger partial charge >= 0.3 is 0 Å². The summed E-state index contributed by atoms with van der Waals surface area (Å²) in [7, 11) is 0. The zero-order valence-electron chi connectivity index (χ0n) is 9.27. The fraction of sp³-hybridized carbons (Fsp3) is 0.0769. The van der Waals surface area contributed by atoms with Crippen molar-refractivity contribution in [2.24, 2.45) is 0 Å². The van der Waals surface area contributed by atoms with E-state index in [4.69, 9.17) is 27.9 Å². The van der Waals surface area contributed by atoms with Crippen molar-refractivity contribution in [3.63, 3.8) is 0 Å². The topological polar surface area (TPSA) is 39.2 Å². The zero-order chi connectivity index (χ0) is 13.0. The highest BCUT2D eigenvalue weighted by atomic mass is 35.5. The minimum atomic E-state index is 0.253. The van der Waals surface area contributed by atoms with Gasteiger partial charge < -0.3 is 4.74 Å². The van der Waals surface area contributed by atoms with Gasteiger partial charge in [0.25, 0.3) is 0 Å². The van der Waals surface area contributed by atoms with Crippen molar-refractivity contribution < 1.29 is 9.53 Å². The van der Waals surface area contributed by atoms with Crippen molar-refractivity contribution in [1.29, 1.82) is 0 Å². The average molecular weight is 282 g/mol. The number of hydrogen-bond donors (Lipinski definition) is 0. The van der Waals surface area contributed by atoms with Gasteiger partial charge in [-0.25, -0.2) is 0 Å². The standard InChI is InChI=1S/C13H9Cl2NO2/c14-11-2-1-3-13(10(11)7-17)18-8-9-4-5-16-6-12(9)15/h1-7H,8H2. The highest BCUT2D eigenvalue weighted by molar-refractivity contribution is 6.33. The van der Waals surface area contributed by atoms with Gasteiger partial charge in [0.15, 0.2) is 6.29 Å². The molecule has 0 radical (unpaired) electrons. The monoisotopic (exact) mass is 281 g/mol. The van der Waals surface area contributed by atoms with Crippen LogP contribution in [0.5, 0.6) is 5.75 Å². The van der Waals surface area contributed by atoms with Crippen LogP contribution in [0.2, 0.25) is 10.0 Å². The third kappa shape index (κ3) is 2.81. The van der Waals surface area contributed by atoms with Crippen molar-refractivity contribution in [3.8, 4) is 5.75 Å². The van der Waals surface area contributed by atoms with Crippen LogP contribution in [0.15, 0.2) is 36.7 Å². The number of hydrogen-bond acceptors (Lipinski definition) is 3. The van der Waals surface area contributed by atoms with Gasteiger partial charge in [0.1, 0.15) is 12.4 Å². The summed E-state index contributed by atoms with van der Waals surface area (Å²) in [6, 6.07) is 6.80. The van der Waals surface area contributed by atoms with Crippen molar-refractivity contribution >= 4 is 29.5 Å². The molecular weight excluding hydrogens is 273 g/mol. The molecule has 0 bridgehead atoms. The number of aldehydes is 1.